The molecule has 1 heterocycles. The summed E-state index contributed by atoms with van der Waals surface area (Å²) in [6, 6.07) is 4.78. The van der Waals surface area contributed by atoms with Gasteiger partial charge in [-0.2, -0.15) is 24.9 Å². The van der Waals surface area contributed by atoms with E-state index in [1.54, 1.807) is 6.07 Å². The highest BCUT2D eigenvalue weighted by molar-refractivity contribution is 7.99. The predicted molar refractivity (Wildman–Crippen MR) is 70.2 cm³/mol. The second kappa shape index (κ2) is 5.43. The fourth-order valence-electron chi connectivity index (χ4n) is 2.09. The minimum Gasteiger partial charge on any atom is -0.382 e. The van der Waals surface area contributed by atoms with Crippen LogP contribution in [0.1, 0.15) is 24.0 Å². The van der Waals surface area contributed by atoms with Gasteiger partial charge in [-0.1, -0.05) is 6.07 Å². The van der Waals surface area contributed by atoms with E-state index in [1.165, 1.54) is 19.1 Å². The highest BCUT2D eigenvalue weighted by Gasteiger charge is 2.32. The van der Waals surface area contributed by atoms with Crippen LogP contribution in [-0.2, 0) is 6.18 Å². The third-order valence-electron chi connectivity index (χ3n) is 3.14. The number of nitrogens with one attached hydrogen (secondary N) is 1. The van der Waals surface area contributed by atoms with E-state index in [0.29, 0.717) is 11.7 Å². The van der Waals surface area contributed by atoms with Gasteiger partial charge in [-0.15, -0.1) is 0 Å². The molecule has 0 bridgehead atoms. The van der Waals surface area contributed by atoms with Gasteiger partial charge in [-0.05, 0) is 49.0 Å². The van der Waals surface area contributed by atoms with Crippen LogP contribution in [0, 0.1) is 6.92 Å². The number of thioether (sulfide) groups is 1. The van der Waals surface area contributed by atoms with E-state index in [4.69, 9.17) is 0 Å². The number of alkyl halides is 3. The molecule has 5 heteroatoms. The highest BCUT2D eigenvalue weighted by Crippen LogP contribution is 2.34. The molecule has 0 aromatic heterocycles. The van der Waals surface area contributed by atoms with Crippen molar-refractivity contribution in [1.82, 2.24) is 0 Å². The Kier molecular flexibility index (Phi) is 4.10. The van der Waals surface area contributed by atoms with Crippen molar-refractivity contribution in [2.75, 3.05) is 16.8 Å². The van der Waals surface area contributed by atoms with Crippen LogP contribution in [0.2, 0.25) is 0 Å². The maximum atomic E-state index is 12.8. The first-order valence-corrected chi connectivity index (χ1v) is 7.14. The van der Waals surface area contributed by atoms with E-state index in [0.717, 1.165) is 24.3 Å². The van der Waals surface area contributed by atoms with E-state index >= 15 is 0 Å². The van der Waals surface area contributed by atoms with Crippen LogP contribution in [0.15, 0.2) is 18.2 Å². The Bertz CT molecular complexity index is 411. The van der Waals surface area contributed by atoms with Crippen molar-refractivity contribution in [1.29, 1.82) is 0 Å². The molecule has 18 heavy (non-hydrogen) atoms. The van der Waals surface area contributed by atoms with E-state index in [2.05, 4.69) is 5.32 Å². The summed E-state index contributed by atoms with van der Waals surface area (Å²) in [6.45, 7) is 1.49. The fraction of sp³-hybridized carbons (Fsp3) is 0.538. The molecule has 1 aromatic rings. The minimum atomic E-state index is -4.27. The van der Waals surface area contributed by atoms with Gasteiger partial charge >= 0.3 is 6.18 Å². The molecule has 1 fully saturated rings. The molecule has 1 N–H and O–H groups in total. The Hall–Kier alpha value is -0.840. The van der Waals surface area contributed by atoms with Gasteiger partial charge in [0.25, 0.3) is 0 Å². The lowest BCUT2D eigenvalue weighted by atomic mass is 10.1. The lowest BCUT2D eigenvalue weighted by molar-refractivity contribution is -0.138. The van der Waals surface area contributed by atoms with Crippen LogP contribution >= 0.6 is 11.8 Å². The molecule has 100 valence electrons. The van der Waals surface area contributed by atoms with Gasteiger partial charge in [0.05, 0.1) is 5.56 Å². The number of benzene rings is 1. The van der Waals surface area contributed by atoms with E-state index < -0.39 is 11.7 Å². The SMILES string of the molecule is Cc1ccc(NC2CCSCC2)cc1C(F)(F)F. The second-order valence-corrected chi connectivity index (χ2v) is 5.78. The van der Waals surface area contributed by atoms with Gasteiger partial charge in [0.2, 0.25) is 0 Å². The molecule has 1 aliphatic heterocycles. The molecule has 0 unspecified atom stereocenters. The molecule has 0 atom stereocenters. The predicted octanol–water partition coefficient (Wildman–Crippen LogP) is 4.32. The van der Waals surface area contributed by atoms with Gasteiger partial charge in [-0.3, -0.25) is 0 Å². The molecule has 2 rings (SSSR count). The number of anilines is 1. The third-order valence-corrected chi connectivity index (χ3v) is 4.18. The van der Waals surface area contributed by atoms with Gasteiger partial charge < -0.3 is 5.32 Å². The minimum absolute atomic E-state index is 0.271. The van der Waals surface area contributed by atoms with Gasteiger partial charge in [0.15, 0.2) is 0 Å². The summed E-state index contributed by atoms with van der Waals surface area (Å²) in [7, 11) is 0. The summed E-state index contributed by atoms with van der Waals surface area (Å²) in [4.78, 5) is 0. The summed E-state index contributed by atoms with van der Waals surface area (Å²) in [6.07, 6.45) is -2.25. The maximum absolute atomic E-state index is 12.8. The highest BCUT2D eigenvalue weighted by atomic mass is 32.2. The first kappa shape index (κ1) is 13.6. The Labute approximate surface area is 109 Å². The average Bonchev–Trinajstić information content (AvgIpc) is 2.31. The smallest absolute Gasteiger partial charge is 0.382 e. The Morgan fingerprint density at radius 3 is 2.50 bits per heavy atom. The lowest BCUT2D eigenvalue weighted by Gasteiger charge is -2.24. The monoisotopic (exact) mass is 275 g/mol. The molecule has 1 aromatic carbocycles. The Balaban J connectivity index is 2.14. The zero-order chi connectivity index (χ0) is 13.2. The fourth-order valence-corrected chi connectivity index (χ4v) is 3.20. The molecule has 0 radical (unpaired) electrons. The van der Waals surface area contributed by atoms with Crippen LogP contribution in [0.3, 0.4) is 0 Å². The molecule has 0 amide bonds. The van der Waals surface area contributed by atoms with E-state index in [1.807, 2.05) is 11.8 Å². The van der Waals surface area contributed by atoms with Crippen molar-refractivity contribution in [2.24, 2.45) is 0 Å². The molecule has 0 saturated carbocycles. The van der Waals surface area contributed by atoms with Crippen molar-refractivity contribution >= 4 is 17.4 Å². The molecule has 1 aliphatic rings. The number of rotatable bonds is 2. The second-order valence-electron chi connectivity index (χ2n) is 4.56. The van der Waals surface area contributed by atoms with Crippen LogP contribution in [0.5, 0.6) is 0 Å². The van der Waals surface area contributed by atoms with Crippen LogP contribution in [-0.4, -0.2) is 17.5 Å². The third kappa shape index (κ3) is 3.34. The van der Waals surface area contributed by atoms with Crippen molar-refractivity contribution in [2.45, 2.75) is 32.0 Å². The van der Waals surface area contributed by atoms with Crippen molar-refractivity contribution < 1.29 is 13.2 Å². The molecule has 1 saturated heterocycles. The Morgan fingerprint density at radius 2 is 1.89 bits per heavy atom. The summed E-state index contributed by atoms with van der Waals surface area (Å²) in [5.41, 5.74) is 0.301. The topological polar surface area (TPSA) is 12.0 Å². The van der Waals surface area contributed by atoms with Crippen LogP contribution in [0.4, 0.5) is 18.9 Å². The van der Waals surface area contributed by atoms with Crippen LogP contribution in [0.25, 0.3) is 0 Å². The zero-order valence-electron chi connectivity index (χ0n) is 10.2. The lowest BCUT2D eigenvalue weighted by Crippen LogP contribution is -2.24. The van der Waals surface area contributed by atoms with Gasteiger partial charge in [-0.25, -0.2) is 0 Å². The molecular formula is C13H16F3NS. The summed E-state index contributed by atoms with van der Waals surface area (Å²) in [5.74, 6) is 2.16. The molecular weight excluding hydrogens is 259 g/mol. The standard InChI is InChI=1S/C13H16F3NS/c1-9-2-3-11(8-12(9)13(14,15)16)17-10-4-6-18-7-5-10/h2-3,8,10,17H,4-7H2,1H3. The number of hydrogen-bond acceptors (Lipinski definition) is 2. The quantitative estimate of drug-likeness (QED) is 0.862. The number of aryl methyl sites for hydroxylation is 1. The molecule has 0 spiro atoms. The number of halogens is 3. The maximum Gasteiger partial charge on any atom is 0.416 e. The van der Waals surface area contributed by atoms with Crippen LogP contribution < -0.4 is 5.32 Å². The summed E-state index contributed by atoms with van der Waals surface area (Å²) in [5, 5.41) is 3.21. The summed E-state index contributed by atoms with van der Waals surface area (Å²) >= 11 is 1.90. The number of hydrogen-bond donors (Lipinski definition) is 1. The first-order valence-electron chi connectivity index (χ1n) is 5.99. The zero-order valence-corrected chi connectivity index (χ0v) is 11.0. The normalized spacial score (nSPS) is 17.8. The van der Waals surface area contributed by atoms with Gasteiger partial charge in [0.1, 0.15) is 0 Å². The van der Waals surface area contributed by atoms with Crippen molar-refractivity contribution in [3.63, 3.8) is 0 Å². The van der Waals surface area contributed by atoms with Crippen molar-refractivity contribution in [3.05, 3.63) is 29.3 Å². The summed E-state index contributed by atoms with van der Waals surface area (Å²) < 4.78 is 38.3. The first-order chi connectivity index (χ1) is 8.47. The van der Waals surface area contributed by atoms with E-state index in [9.17, 15) is 13.2 Å². The van der Waals surface area contributed by atoms with E-state index in [-0.39, 0.29) is 5.56 Å². The van der Waals surface area contributed by atoms with Crippen molar-refractivity contribution in [3.8, 4) is 0 Å². The Morgan fingerprint density at radius 1 is 1.22 bits per heavy atom. The largest absolute Gasteiger partial charge is 0.416 e. The average molecular weight is 275 g/mol. The molecule has 0 aliphatic carbocycles. The molecule has 1 nitrogen and oxygen atoms in total. The van der Waals surface area contributed by atoms with Gasteiger partial charge in [0, 0.05) is 11.7 Å².